The monoisotopic (exact) mass is 295 g/mol. The molecule has 0 amide bonds. The zero-order valence-corrected chi connectivity index (χ0v) is 12.2. The van der Waals surface area contributed by atoms with Crippen LogP contribution in [0.2, 0.25) is 5.02 Å². The minimum atomic E-state index is -0.0635. The summed E-state index contributed by atoms with van der Waals surface area (Å²) in [5.41, 5.74) is 1.66. The lowest BCUT2D eigenvalue weighted by molar-refractivity contribution is 0.352. The number of benzene rings is 1. The van der Waals surface area contributed by atoms with Gasteiger partial charge in [-0.2, -0.15) is 0 Å². The lowest BCUT2D eigenvalue weighted by atomic mass is 10.2. The van der Waals surface area contributed by atoms with Gasteiger partial charge in [0.25, 0.3) is 0 Å². The van der Waals surface area contributed by atoms with Crippen LogP contribution in [-0.4, -0.2) is 13.9 Å². The highest BCUT2D eigenvalue weighted by molar-refractivity contribution is 7.71. The maximum atomic E-state index is 12.4. The molecule has 3 rings (SSSR count). The van der Waals surface area contributed by atoms with Crippen LogP contribution in [0.15, 0.2) is 23.0 Å². The van der Waals surface area contributed by atoms with Crippen molar-refractivity contribution in [1.82, 2.24) is 13.9 Å². The van der Waals surface area contributed by atoms with E-state index in [-0.39, 0.29) is 5.69 Å². The molecule has 19 heavy (non-hydrogen) atoms. The Kier molecular flexibility index (Phi) is 3.11. The minimum absolute atomic E-state index is 0.0635. The van der Waals surface area contributed by atoms with Gasteiger partial charge in [-0.25, -0.2) is 14.0 Å². The van der Waals surface area contributed by atoms with Crippen LogP contribution >= 0.6 is 23.8 Å². The maximum Gasteiger partial charge on any atom is 0.349 e. The summed E-state index contributed by atoms with van der Waals surface area (Å²) in [6.45, 7) is 3.47. The molecule has 6 heteroatoms. The second kappa shape index (κ2) is 4.65. The lowest BCUT2D eigenvalue weighted by Gasteiger charge is -2.14. The summed E-state index contributed by atoms with van der Waals surface area (Å²) in [5.74, 6) is 0. The fourth-order valence-corrected chi connectivity index (χ4v) is 2.95. The molecule has 0 spiro atoms. The van der Waals surface area contributed by atoms with Crippen molar-refractivity contribution in [2.75, 3.05) is 0 Å². The van der Waals surface area contributed by atoms with E-state index < -0.39 is 0 Å². The molecule has 0 bridgehead atoms. The van der Waals surface area contributed by atoms with Gasteiger partial charge in [0.05, 0.1) is 5.69 Å². The van der Waals surface area contributed by atoms with Gasteiger partial charge in [-0.1, -0.05) is 11.6 Å². The second-order valence-corrected chi connectivity index (χ2v) is 5.56. The topological polar surface area (TPSA) is 31.9 Å². The number of rotatable bonds is 1. The van der Waals surface area contributed by atoms with Gasteiger partial charge in [0.15, 0.2) is 0 Å². The van der Waals surface area contributed by atoms with E-state index in [2.05, 4.69) is 0 Å². The highest BCUT2D eigenvalue weighted by Gasteiger charge is 2.17. The summed E-state index contributed by atoms with van der Waals surface area (Å²) >= 11 is 11.5. The molecule has 0 N–H and O–H groups in total. The molecule has 0 saturated heterocycles. The molecule has 1 aromatic carbocycles. The number of aromatic nitrogens is 3. The SMILES string of the molecule is Cc1cc(-n2c(=O)n3n(c2=S)CCCC3)ccc1Cl. The first-order valence-electron chi connectivity index (χ1n) is 6.29. The first kappa shape index (κ1) is 12.7. The molecule has 0 aliphatic carbocycles. The fourth-order valence-electron chi connectivity index (χ4n) is 2.46. The van der Waals surface area contributed by atoms with E-state index in [1.54, 1.807) is 15.3 Å². The summed E-state index contributed by atoms with van der Waals surface area (Å²) < 4.78 is 5.77. The number of aryl methyl sites for hydroxylation is 1. The largest absolute Gasteiger partial charge is 0.349 e. The van der Waals surface area contributed by atoms with Gasteiger partial charge in [0.2, 0.25) is 4.77 Å². The van der Waals surface area contributed by atoms with Crippen molar-refractivity contribution in [3.63, 3.8) is 0 Å². The minimum Gasteiger partial charge on any atom is -0.256 e. The Morgan fingerprint density at radius 3 is 2.53 bits per heavy atom. The van der Waals surface area contributed by atoms with E-state index in [1.165, 1.54) is 0 Å². The normalized spacial score (nSPS) is 14.4. The van der Waals surface area contributed by atoms with Crippen LogP contribution < -0.4 is 5.69 Å². The second-order valence-electron chi connectivity index (χ2n) is 4.79. The predicted octanol–water partition coefficient (Wildman–Crippen LogP) is 2.93. The highest BCUT2D eigenvalue weighted by Crippen LogP contribution is 2.19. The van der Waals surface area contributed by atoms with E-state index >= 15 is 0 Å². The molecule has 1 aliphatic rings. The third-order valence-electron chi connectivity index (χ3n) is 3.51. The standard InChI is InChI=1S/C13H14ClN3OS/c1-9-8-10(4-5-11(9)14)17-12(18)15-6-2-3-7-16(15)13(17)19/h4-5,8H,2-3,6-7H2,1H3. The number of hydrogen-bond acceptors (Lipinski definition) is 2. The van der Waals surface area contributed by atoms with Crippen LogP contribution in [-0.2, 0) is 13.1 Å². The van der Waals surface area contributed by atoms with E-state index in [9.17, 15) is 4.79 Å². The molecule has 0 unspecified atom stereocenters. The molecular weight excluding hydrogens is 282 g/mol. The Morgan fingerprint density at radius 2 is 1.89 bits per heavy atom. The van der Waals surface area contributed by atoms with Crippen molar-refractivity contribution in [3.8, 4) is 5.69 Å². The fraction of sp³-hybridized carbons (Fsp3) is 0.385. The number of halogens is 1. The van der Waals surface area contributed by atoms with Crippen molar-refractivity contribution in [1.29, 1.82) is 0 Å². The van der Waals surface area contributed by atoms with Gasteiger partial charge in [-0.3, -0.25) is 4.68 Å². The summed E-state index contributed by atoms with van der Waals surface area (Å²) in [5, 5.41) is 0.694. The molecule has 1 aromatic heterocycles. The summed E-state index contributed by atoms with van der Waals surface area (Å²) in [6, 6.07) is 5.53. The zero-order valence-electron chi connectivity index (χ0n) is 10.6. The van der Waals surface area contributed by atoms with Crippen molar-refractivity contribution in [3.05, 3.63) is 44.0 Å². The van der Waals surface area contributed by atoms with Crippen molar-refractivity contribution in [2.24, 2.45) is 0 Å². The van der Waals surface area contributed by atoms with Crippen LogP contribution in [0.4, 0.5) is 0 Å². The quantitative estimate of drug-likeness (QED) is 0.758. The van der Waals surface area contributed by atoms with E-state index in [0.717, 1.165) is 37.2 Å². The first-order valence-corrected chi connectivity index (χ1v) is 7.07. The lowest BCUT2D eigenvalue weighted by Crippen LogP contribution is -2.29. The highest BCUT2D eigenvalue weighted by atomic mass is 35.5. The molecule has 2 aromatic rings. The Hall–Kier alpha value is -1.33. The van der Waals surface area contributed by atoms with Gasteiger partial charge in [-0.15, -0.1) is 0 Å². The van der Waals surface area contributed by atoms with Crippen LogP contribution in [0.25, 0.3) is 5.69 Å². The maximum absolute atomic E-state index is 12.4. The molecule has 0 fully saturated rings. The molecule has 0 radical (unpaired) electrons. The number of fused-ring (bicyclic) bond motifs is 1. The van der Waals surface area contributed by atoms with Crippen molar-refractivity contribution < 1.29 is 0 Å². The van der Waals surface area contributed by atoms with Crippen molar-refractivity contribution >= 4 is 23.8 Å². The molecule has 2 heterocycles. The molecule has 1 aliphatic heterocycles. The van der Waals surface area contributed by atoms with Crippen LogP contribution in [0.5, 0.6) is 0 Å². The molecule has 100 valence electrons. The van der Waals surface area contributed by atoms with Crippen molar-refractivity contribution in [2.45, 2.75) is 32.9 Å². The van der Waals surface area contributed by atoms with E-state index in [4.69, 9.17) is 23.8 Å². The molecule has 4 nitrogen and oxygen atoms in total. The summed E-state index contributed by atoms with van der Waals surface area (Å²) in [4.78, 5) is 12.4. The first-order chi connectivity index (χ1) is 9.09. The Morgan fingerprint density at radius 1 is 1.21 bits per heavy atom. The van der Waals surface area contributed by atoms with Gasteiger partial charge in [0.1, 0.15) is 0 Å². The molecular formula is C13H14ClN3OS. The van der Waals surface area contributed by atoms with Gasteiger partial charge < -0.3 is 0 Å². The van der Waals surface area contributed by atoms with E-state index in [0.29, 0.717) is 9.79 Å². The average Bonchev–Trinajstić information content (AvgIpc) is 2.66. The van der Waals surface area contributed by atoms with Gasteiger partial charge in [-0.05, 0) is 55.7 Å². The third kappa shape index (κ3) is 1.97. The summed E-state index contributed by atoms with van der Waals surface area (Å²) in [7, 11) is 0. The Labute approximate surface area is 120 Å². The zero-order chi connectivity index (χ0) is 13.6. The van der Waals surface area contributed by atoms with Crippen LogP contribution in [0.3, 0.4) is 0 Å². The molecule has 0 atom stereocenters. The molecule has 0 saturated carbocycles. The number of nitrogens with zero attached hydrogens (tertiary/aromatic N) is 3. The van der Waals surface area contributed by atoms with Gasteiger partial charge in [0, 0.05) is 18.1 Å². The Balaban J connectivity index is 2.26. The van der Waals surface area contributed by atoms with Gasteiger partial charge >= 0.3 is 5.69 Å². The predicted molar refractivity (Wildman–Crippen MR) is 77.8 cm³/mol. The van der Waals surface area contributed by atoms with Crippen LogP contribution in [0, 0.1) is 11.7 Å². The Bertz CT molecular complexity index is 719. The average molecular weight is 296 g/mol. The smallest absolute Gasteiger partial charge is 0.256 e. The third-order valence-corrected chi connectivity index (χ3v) is 4.32. The van der Waals surface area contributed by atoms with E-state index in [1.807, 2.05) is 23.7 Å². The van der Waals surface area contributed by atoms with Crippen LogP contribution in [0.1, 0.15) is 18.4 Å². The summed E-state index contributed by atoms with van der Waals surface area (Å²) in [6.07, 6.45) is 2.09. The number of hydrogen-bond donors (Lipinski definition) is 0.